The Morgan fingerprint density at radius 2 is 1.68 bits per heavy atom. The van der Waals surface area contributed by atoms with Crippen molar-refractivity contribution in [1.29, 1.82) is 0 Å². The lowest BCUT2D eigenvalue weighted by molar-refractivity contribution is -0.384. The van der Waals surface area contributed by atoms with Crippen molar-refractivity contribution in [2.24, 2.45) is 4.99 Å². The van der Waals surface area contributed by atoms with E-state index >= 15 is 0 Å². The van der Waals surface area contributed by atoms with Gasteiger partial charge in [-0.05, 0) is 37.6 Å². The number of nitro groups is 1. The van der Waals surface area contributed by atoms with Crippen molar-refractivity contribution >= 4 is 28.4 Å². The highest BCUT2D eigenvalue weighted by atomic mass is 16.6. The summed E-state index contributed by atoms with van der Waals surface area (Å²) in [7, 11) is 0. The van der Waals surface area contributed by atoms with Gasteiger partial charge < -0.3 is 5.11 Å². The zero-order chi connectivity index (χ0) is 22.1. The number of aromatic nitrogens is 1. The SMILES string of the molecule is Cc1ccc(-n2c(O)c(C=Nc3ccccc3[N+](=O)[O-])c3ccccc3c2=O)c(C)c1. The van der Waals surface area contributed by atoms with Crippen molar-refractivity contribution in [2.45, 2.75) is 13.8 Å². The lowest BCUT2D eigenvalue weighted by Crippen LogP contribution is -2.21. The molecule has 1 N–H and O–H groups in total. The zero-order valence-corrected chi connectivity index (χ0v) is 16.9. The first-order valence-corrected chi connectivity index (χ1v) is 9.60. The van der Waals surface area contributed by atoms with E-state index in [-0.39, 0.29) is 22.8 Å². The summed E-state index contributed by atoms with van der Waals surface area (Å²) in [6.45, 7) is 3.81. The molecule has 0 saturated heterocycles. The molecular weight excluding hydrogens is 394 g/mol. The maximum atomic E-state index is 13.2. The number of aromatic hydroxyl groups is 1. The van der Waals surface area contributed by atoms with Crippen molar-refractivity contribution in [2.75, 3.05) is 0 Å². The first-order valence-electron chi connectivity index (χ1n) is 9.60. The third-order valence-corrected chi connectivity index (χ3v) is 5.11. The molecule has 0 radical (unpaired) electrons. The highest BCUT2D eigenvalue weighted by Crippen LogP contribution is 2.30. The maximum absolute atomic E-state index is 13.2. The lowest BCUT2D eigenvalue weighted by atomic mass is 10.1. The van der Waals surface area contributed by atoms with E-state index in [9.17, 15) is 20.0 Å². The van der Waals surface area contributed by atoms with Gasteiger partial charge in [0.05, 0.1) is 16.2 Å². The molecule has 4 aromatic rings. The Balaban J connectivity index is 2.00. The summed E-state index contributed by atoms with van der Waals surface area (Å²) in [5.74, 6) is -0.280. The molecule has 0 spiro atoms. The predicted octanol–water partition coefficient (Wildman–Crippen LogP) is 4.97. The van der Waals surface area contributed by atoms with Crippen molar-refractivity contribution < 1.29 is 10.0 Å². The second-order valence-corrected chi connectivity index (χ2v) is 7.22. The van der Waals surface area contributed by atoms with Crippen LogP contribution in [0.3, 0.4) is 0 Å². The van der Waals surface area contributed by atoms with E-state index in [1.54, 1.807) is 42.5 Å². The molecule has 7 nitrogen and oxygen atoms in total. The molecule has 0 aliphatic heterocycles. The van der Waals surface area contributed by atoms with Crippen LogP contribution in [0.4, 0.5) is 11.4 Å². The number of benzene rings is 3. The van der Waals surface area contributed by atoms with Crippen LogP contribution in [0.15, 0.2) is 76.5 Å². The van der Waals surface area contributed by atoms with Gasteiger partial charge in [-0.2, -0.15) is 0 Å². The minimum atomic E-state index is -0.513. The number of aliphatic imine (C=N–C) groups is 1. The topological polar surface area (TPSA) is 97.7 Å². The number of pyridine rings is 1. The third-order valence-electron chi connectivity index (χ3n) is 5.11. The first-order chi connectivity index (χ1) is 14.9. The van der Waals surface area contributed by atoms with Gasteiger partial charge in [0.15, 0.2) is 0 Å². The van der Waals surface area contributed by atoms with E-state index in [0.29, 0.717) is 22.0 Å². The Bertz CT molecular complexity index is 1420. The van der Waals surface area contributed by atoms with Gasteiger partial charge in [0.1, 0.15) is 5.69 Å². The average Bonchev–Trinajstić information content (AvgIpc) is 2.75. The van der Waals surface area contributed by atoms with E-state index in [1.165, 1.54) is 22.9 Å². The lowest BCUT2D eigenvalue weighted by Gasteiger charge is -2.16. The number of hydrogen-bond acceptors (Lipinski definition) is 5. The van der Waals surface area contributed by atoms with Crippen LogP contribution in [-0.2, 0) is 0 Å². The van der Waals surface area contributed by atoms with Gasteiger partial charge in [0, 0.05) is 23.1 Å². The number of nitro benzene ring substituents is 1. The minimum Gasteiger partial charge on any atom is -0.494 e. The number of aryl methyl sites for hydroxylation is 2. The predicted molar refractivity (Wildman–Crippen MR) is 121 cm³/mol. The van der Waals surface area contributed by atoms with E-state index in [4.69, 9.17) is 0 Å². The van der Waals surface area contributed by atoms with Gasteiger partial charge in [-0.1, -0.05) is 48.0 Å². The molecule has 0 aliphatic rings. The van der Waals surface area contributed by atoms with Gasteiger partial charge in [0.25, 0.3) is 11.2 Å². The Kier molecular flexibility index (Phi) is 5.09. The van der Waals surface area contributed by atoms with Crippen molar-refractivity contribution in [3.05, 3.63) is 104 Å². The van der Waals surface area contributed by atoms with E-state index in [2.05, 4.69) is 4.99 Å². The maximum Gasteiger partial charge on any atom is 0.294 e. The zero-order valence-electron chi connectivity index (χ0n) is 16.9. The first kappa shape index (κ1) is 20.0. The Labute approximate surface area is 177 Å². The highest BCUT2D eigenvalue weighted by molar-refractivity contribution is 6.02. The molecule has 4 rings (SSSR count). The molecule has 0 atom stereocenters. The van der Waals surface area contributed by atoms with E-state index < -0.39 is 4.92 Å². The molecule has 0 aliphatic carbocycles. The van der Waals surface area contributed by atoms with Crippen LogP contribution in [0.25, 0.3) is 16.5 Å². The van der Waals surface area contributed by atoms with Crippen LogP contribution in [0.5, 0.6) is 5.88 Å². The molecule has 0 fully saturated rings. The van der Waals surface area contributed by atoms with E-state index in [0.717, 1.165) is 11.1 Å². The summed E-state index contributed by atoms with van der Waals surface area (Å²) in [5, 5.41) is 23.3. The summed E-state index contributed by atoms with van der Waals surface area (Å²) in [5.41, 5.74) is 2.36. The molecule has 0 unspecified atom stereocenters. The molecule has 1 heterocycles. The highest BCUT2D eigenvalue weighted by Gasteiger charge is 2.18. The average molecular weight is 413 g/mol. The van der Waals surface area contributed by atoms with Crippen LogP contribution in [-0.4, -0.2) is 20.8 Å². The van der Waals surface area contributed by atoms with E-state index in [1.807, 2.05) is 26.0 Å². The Morgan fingerprint density at radius 3 is 2.39 bits per heavy atom. The fourth-order valence-electron chi connectivity index (χ4n) is 3.63. The molecular formula is C24H19N3O4. The summed E-state index contributed by atoms with van der Waals surface area (Å²) >= 11 is 0. The standard InChI is InChI=1S/C24H19N3O4/c1-15-11-12-21(16(2)13-15)26-23(28)18-8-4-3-7-17(18)19(24(26)29)14-25-20-9-5-6-10-22(20)27(30)31/h3-14,29H,1-2H3. The van der Waals surface area contributed by atoms with Crippen molar-refractivity contribution in [1.82, 2.24) is 4.57 Å². The molecule has 7 heteroatoms. The largest absolute Gasteiger partial charge is 0.494 e. The van der Waals surface area contributed by atoms with Crippen LogP contribution >= 0.6 is 0 Å². The van der Waals surface area contributed by atoms with Crippen molar-refractivity contribution in [3.8, 4) is 11.6 Å². The number of hydrogen-bond donors (Lipinski definition) is 1. The fraction of sp³-hybridized carbons (Fsp3) is 0.0833. The Hall–Kier alpha value is -4.26. The molecule has 0 saturated carbocycles. The number of para-hydroxylation sites is 2. The van der Waals surface area contributed by atoms with Gasteiger partial charge in [-0.25, -0.2) is 9.56 Å². The van der Waals surface area contributed by atoms with Gasteiger partial charge >= 0.3 is 0 Å². The summed E-state index contributed by atoms with van der Waals surface area (Å²) < 4.78 is 1.25. The van der Waals surface area contributed by atoms with Gasteiger partial charge in [-0.15, -0.1) is 0 Å². The van der Waals surface area contributed by atoms with Crippen LogP contribution in [0.1, 0.15) is 16.7 Å². The number of rotatable bonds is 4. The van der Waals surface area contributed by atoms with Crippen LogP contribution < -0.4 is 5.56 Å². The molecule has 1 aromatic heterocycles. The molecule has 3 aromatic carbocycles. The quantitative estimate of drug-likeness (QED) is 0.290. The smallest absolute Gasteiger partial charge is 0.294 e. The third kappa shape index (κ3) is 3.57. The summed E-state index contributed by atoms with van der Waals surface area (Å²) in [6, 6.07) is 18.6. The fourth-order valence-corrected chi connectivity index (χ4v) is 3.63. The molecule has 154 valence electrons. The second-order valence-electron chi connectivity index (χ2n) is 7.22. The van der Waals surface area contributed by atoms with Gasteiger partial charge in [0.2, 0.25) is 5.88 Å². The molecule has 31 heavy (non-hydrogen) atoms. The Morgan fingerprint density at radius 1 is 1.00 bits per heavy atom. The molecule has 0 amide bonds. The minimum absolute atomic E-state index is 0.148. The van der Waals surface area contributed by atoms with Gasteiger partial charge in [-0.3, -0.25) is 14.9 Å². The second kappa shape index (κ2) is 7.87. The number of nitrogens with zero attached hydrogens (tertiary/aromatic N) is 3. The summed E-state index contributed by atoms with van der Waals surface area (Å²) in [4.78, 5) is 28.3. The normalized spacial score (nSPS) is 11.3. The monoisotopic (exact) mass is 413 g/mol. The van der Waals surface area contributed by atoms with Crippen LogP contribution in [0.2, 0.25) is 0 Å². The van der Waals surface area contributed by atoms with Crippen molar-refractivity contribution in [3.63, 3.8) is 0 Å². The molecule has 0 bridgehead atoms. The number of fused-ring (bicyclic) bond motifs is 1. The summed E-state index contributed by atoms with van der Waals surface area (Å²) in [6.07, 6.45) is 1.36. The van der Waals surface area contributed by atoms with Crippen LogP contribution in [0, 0.1) is 24.0 Å².